The molecule has 7 aliphatic rings. The van der Waals surface area contributed by atoms with Gasteiger partial charge in [-0.1, -0.05) is 0 Å². The fourth-order valence-corrected chi connectivity index (χ4v) is 3.26. The molecule has 0 aromatic carbocycles. The van der Waals surface area contributed by atoms with Crippen LogP contribution in [0.1, 0.15) is 0 Å². The lowest BCUT2D eigenvalue weighted by Crippen LogP contribution is -2.46. The van der Waals surface area contributed by atoms with Crippen molar-refractivity contribution in [1.29, 1.82) is 0 Å². The number of rotatable bonds is 0. The van der Waals surface area contributed by atoms with E-state index in [0.29, 0.717) is 0 Å². The molecule has 8 heavy (non-hydrogen) atoms. The van der Waals surface area contributed by atoms with Gasteiger partial charge in [-0.15, -0.1) is 0 Å². The van der Waals surface area contributed by atoms with Gasteiger partial charge in [0.05, 0.1) is 0 Å². The molecule has 1 aliphatic carbocycles. The Labute approximate surface area is 47.1 Å². The van der Waals surface area contributed by atoms with Crippen LogP contribution in [0, 0.1) is 0 Å². The van der Waals surface area contributed by atoms with Crippen molar-refractivity contribution >= 4 is 0 Å². The molecule has 2 nitrogen and oxygen atoms in total. The van der Waals surface area contributed by atoms with Crippen LogP contribution in [0.25, 0.3) is 0 Å². The first kappa shape index (κ1) is 2.67. The van der Waals surface area contributed by atoms with Crippen LogP contribution in [0.4, 0.5) is 0 Å². The van der Waals surface area contributed by atoms with Gasteiger partial charge in [-0.2, -0.15) is 0 Å². The normalized spacial score (nSPS) is 108. The Morgan fingerprint density at radius 3 is 1.00 bits per heavy atom. The smallest absolute Gasteiger partial charge is 0.0447 e. The van der Waals surface area contributed by atoms with Gasteiger partial charge in [0.2, 0.25) is 0 Å². The fourth-order valence-electron chi connectivity index (χ4n) is 3.26. The molecular formula is C6H6N2. The van der Waals surface area contributed by atoms with E-state index in [2.05, 4.69) is 9.80 Å². The predicted molar refractivity (Wildman–Crippen MR) is 26.4 cm³/mol. The standard InChI is InChI=1S/C6H6N2/c1-2-6-4(8(2)6)3-5(1)7(1)3/h1-6H. The third-order valence-corrected chi connectivity index (χ3v) is 3.81. The number of piperidine rings is 2. The lowest BCUT2D eigenvalue weighted by atomic mass is 9.91. The lowest BCUT2D eigenvalue weighted by molar-refractivity contribution is 0.297. The van der Waals surface area contributed by atoms with Gasteiger partial charge < -0.3 is 0 Å². The van der Waals surface area contributed by atoms with E-state index in [1.807, 2.05) is 0 Å². The van der Waals surface area contributed by atoms with Crippen LogP contribution < -0.4 is 0 Å². The van der Waals surface area contributed by atoms with E-state index in [1.165, 1.54) is 0 Å². The Hall–Kier alpha value is -0.0800. The zero-order valence-electron chi connectivity index (χ0n) is 4.36. The van der Waals surface area contributed by atoms with Gasteiger partial charge in [0.1, 0.15) is 0 Å². The van der Waals surface area contributed by atoms with E-state index in [9.17, 15) is 0 Å². The lowest BCUT2D eigenvalue weighted by Gasteiger charge is -2.24. The average Bonchev–Trinajstić information content (AvgIpc) is 2.56. The second kappa shape index (κ2) is 0.424. The first-order valence-electron chi connectivity index (χ1n) is 3.55. The minimum atomic E-state index is 1.09. The van der Waals surface area contributed by atoms with E-state index in [0.717, 1.165) is 36.3 Å². The first-order valence-corrected chi connectivity index (χ1v) is 3.55. The molecule has 4 bridgehead atoms. The molecule has 0 radical (unpaired) electrons. The average molecular weight is 106 g/mol. The molecule has 1 saturated carbocycles. The van der Waals surface area contributed by atoms with Gasteiger partial charge in [-0.3, -0.25) is 9.80 Å². The van der Waals surface area contributed by atoms with Crippen LogP contribution in [0.5, 0.6) is 0 Å². The molecule has 0 spiro atoms. The predicted octanol–water partition coefficient (Wildman–Crippen LogP) is -1.13. The highest BCUT2D eigenvalue weighted by Crippen LogP contribution is 2.77. The summed E-state index contributed by atoms with van der Waals surface area (Å²) in [5.41, 5.74) is 0. The highest BCUT2D eigenvalue weighted by Gasteiger charge is 2.97. The second-order valence-corrected chi connectivity index (χ2v) is 3.84. The summed E-state index contributed by atoms with van der Waals surface area (Å²) in [5.74, 6) is 0. The van der Waals surface area contributed by atoms with Crippen molar-refractivity contribution in [2.75, 3.05) is 0 Å². The Kier molecular flexibility index (Phi) is 0.141. The summed E-state index contributed by atoms with van der Waals surface area (Å²) in [6.45, 7) is 0. The minimum absolute atomic E-state index is 1.09. The third-order valence-electron chi connectivity index (χ3n) is 3.81. The van der Waals surface area contributed by atoms with Gasteiger partial charge in [0.15, 0.2) is 0 Å². The second-order valence-electron chi connectivity index (χ2n) is 3.84. The van der Waals surface area contributed by atoms with Crippen molar-refractivity contribution in [1.82, 2.24) is 9.80 Å². The molecule has 6 saturated heterocycles. The van der Waals surface area contributed by atoms with E-state index >= 15 is 0 Å². The summed E-state index contributed by atoms with van der Waals surface area (Å²) < 4.78 is 0. The van der Waals surface area contributed by atoms with Gasteiger partial charge in [0, 0.05) is 36.3 Å². The maximum Gasteiger partial charge on any atom is 0.0447 e. The molecule has 2 heteroatoms. The summed E-state index contributed by atoms with van der Waals surface area (Å²) in [6.07, 6.45) is 0. The number of nitrogens with zero attached hydrogens (tertiary/aromatic N) is 2. The SMILES string of the molecule is C12C3C4C5C(C1N23)N54. The van der Waals surface area contributed by atoms with Crippen LogP contribution in [-0.4, -0.2) is 46.1 Å². The van der Waals surface area contributed by atoms with Crippen molar-refractivity contribution in [3.63, 3.8) is 0 Å². The molecule has 0 unspecified atom stereocenters. The Morgan fingerprint density at radius 1 is 0.500 bits per heavy atom. The summed E-state index contributed by atoms with van der Waals surface area (Å²) >= 11 is 0. The summed E-state index contributed by atoms with van der Waals surface area (Å²) in [6, 6.07) is 6.62. The third kappa shape index (κ3) is 0.0899. The number of piperazine rings is 1. The topological polar surface area (TPSA) is 6.02 Å². The van der Waals surface area contributed by atoms with Crippen molar-refractivity contribution < 1.29 is 0 Å². The first-order chi connectivity index (χ1) is 4.00. The van der Waals surface area contributed by atoms with Crippen molar-refractivity contribution in [2.24, 2.45) is 0 Å². The summed E-state index contributed by atoms with van der Waals surface area (Å²) in [5, 5.41) is 0. The monoisotopic (exact) mass is 106 g/mol. The van der Waals surface area contributed by atoms with Crippen molar-refractivity contribution in [3.8, 4) is 0 Å². The van der Waals surface area contributed by atoms with Crippen LogP contribution >= 0.6 is 0 Å². The van der Waals surface area contributed by atoms with Crippen LogP contribution in [0.3, 0.4) is 0 Å². The van der Waals surface area contributed by atoms with Crippen molar-refractivity contribution in [2.45, 2.75) is 36.3 Å². The van der Waals surface area contributed by atoms with Crippen LogP contribution in [-0.2, 0) is 0 Å². The fraction of sp³-hybridized carbons (Fsp3) is 1.00. The van der Waals surface area contributed by atoms with Gasteiger partial charge in [-0.05, 0) is 0 Å². The molecule has 0 N–H and O–H groups in total. The molecule has 0 aromatic heterocycles. The van der Waals surface area contributed by atoms with Gasteiger partial charge in [0.25, 0.3) is 0 Å². The maximum atomic E-state index is 2.69. The van der Waals surface area contributed by atoms with Crippen molar-refractivity contribution in [3.05, 3.63) is 0 Å². The molecule has 0 amide bonds. The molecule has 7 rings (SSSR count). The summed E-state index contributed by atoms with van der Waals surface area (Å²) in [4.78, 5) is 5.38. The quantitative estimate of drug-likeness (QED) is 0.360. The Bertz CT molecular complexity index is 163. The zero-order chi connectivity index (χ0) is 4.62. The van der Waals surface area contributed by atoms with E-state index < -0.39 is 0 Å². The van der Waals surface area contributed by atoms with E-state index in [-0.39, 0.29) is 0 Å². The molecule has 7 fully saturated rings. The molecular weight excluding hydrogens is 100 g/mol. The van der Waals surface area contributed by atoms with Gasteiger partial charge >= 0.3 is 0 Å². The highest BCUT2D eigenvalue weighted by molar-refractivity contribution is 5.55. The highest BCUT2D eigenvalue weighted by atomic mass is 15.7. The molecule has 6 heterocycles. The van der Waals surface area contributed by atoms with Crippen LogP contribution in [0.15, 0.2) is 0 Å². The molecule has 40 valence electrons. The van der Waals surface area contributed by atoms with E-state index in [1.54, 1.807) is 0 Å². The maximum absolute atomic E-state index is 2.69. The molecule has 0 atom stereocenters. The van der Waals surface area contributed by atoms with Crippen LogP contribution in [0.2, 0.25) is 0 Å². The Balaban J connectivity index is 1.92. The Morgan fingerprint density at radius 2 is 0.750 bits per heavy atom. The number of hydrogen-bond acceptors (Lipinski definition) is 2. The molecule has 0 aromatic rings. The molecule has 6 aliphatic heterocycles. The summed E-state index contributed by atoms with van der Waals surface area (Å²) in [7, 11) is 0. The van der Waals surface area contributed by atoms with Gasteiger partial charge in [-0.25, -0.2) is 0 Å². The largest absolute Gasteiger partial charge is 0.285 e. The number of hydrogen-bond donors (Lipinski definition) is 0. The van der Waals surface area contributed by atoms with E-state index in [4.69, 9.17) is 0 Å². The zero-order valence-corrected chi connectivity index (χ0v) is 4.36. The minimum Gasteiger partial charge on any atom is -0.285 e.